The van der Waals surface area contributed by atoms with Crippen LogP contribution < -0.4 is 5.32 Å². The fourth-order valence-electron chi connectivity index (χ4n) is 3.69. The van der Waals surface area contributed by atoms with Gasteiger partial charge in [-0.25, -0.2) is 9.78 Å². The molecule has 0 aliphatic carbocycles. The maximum Gasteiger partial charge on any atom is 0.410 e. The van der Waals surface area contributed by atoms with Gasteiger partial charge in [0.1, 0.15) is 10.6 Å². The minimum atomic E-state index is -0.511. The highest BCUT2D eigenvalue weighted by Crippen LogP contribution is 2.36. The molecule has 28 heavy (non-hydrogen) atoms. The van der Waals surface area contributed by atoms with Crippen molar-refractivity contribution in [3.63, 3.8) is 0 Å². The lowest BCUT2D eigenvalue weighted by Gasteiger charge is -2.35. The molecule has 1 aromatic heterocycles. The first-order chi connectivity index (χ1) is 13.3. The van der Waals surface area contributed by atoms with Gasteiger partial charge in [-0.1, -0.05) is 6.07 Å². The van der Waals surface area contributed by atoms with Gasteiger partial charge in [-0.05, 0) is 57.7 Å². The number of fused-ring (bicyclic) bond motifs is 1. The monoisotopic (exact) mass is 399 g/mol. The molecule has 1 aromatic carbocycles. The van der Waals surface area contributed by atoms with Crippen LogP contribution in [0.15, 0.2) is 23.6 Å². The zero-order valence-electron chi connectivity index (χ0n) is 16.4. The predicted octanol–water partition coefficient (Wildman–Crippen LogP) is 4.77. The molecule has 7 heteroatoms. The second kappa shape index (κ2) is 7.20. The molecule has 0 spiro atoms. The molecule has 2 amide bonds. The Morgan fingerprint density at radius 3 is 2.93 bits per heavy atom. The normalized spacial score (nSPS) is 19.3. The van der Waals surface area contributed by atoms with E-state index in [1.807, 2.05) is 49.3 Å². The summed E-state index contributed by atoms with van der Waals surface area (Å²) >= 11 is 1.58. The molecule has 2 aliphatic heterocycles. The molecule has 148 valence electrons. The van der Waals surface area contributed by atoms with Crippen molar-refractivity contribution in [3.05, 3.63) is 34.2 Å². The first-order valence-electron chi connectivity index (χ1n) is 9.68. The molecule has 6 nitrogen and oxygen atoms in total. The van der Waals surface area contributed by atoms with Crippen LogP contribution in [-0.4, -0.2) is 34.0 Å². The van der Waals surface area contributed by atoms with E-state index in [9.17, 15) is 9.59 Å². The summed E-state index contributed by atoms with van der Waals surface area (Å²) in [7, 11) is 0. The Morgan fingerprint density at radius 2 is 2.14 bits per heavy atom. The maximum atomic E-state index is 12.7. The zero-order chi connectivity index (χ0) is 19.9. The summed E-state index contributed by atoms with van der Waals surface area (Å²) in [6.07, 6.45) is 3.10. The number of aromatic nitrogens is 1. The third-order valence-corrected chi connectivity index (χ3v) is 5.91. The number of carbonyl (C=O) groups excluding carboxylic acids is 2. The number of anilines is 1. The molecule has 0 bridgehead atoms. The lowest BCUT2D eigenvalue weighted by atomic mass is 10.0. The minimum absolute atomic E-state index is 0.0290. The van der Waals surface area contributed by atoms with Gasteiger partial charge in [-0.15, -0.1) is 11.3 Å². The molecule has 4 rings (SSSR count). The van der Waals surface area contributed by atoms with Gasteiger partial charge in [-0.2, -0.15) is 0 Å². The van der Waals surface area contributed by atoms with Crippen LogP contribution in [0.2, 0.25) is 0 Å². The average molecular weight is 400 g/mol. The fourth-order valence-corrected chi connectivity index (χ4v) is 4.66. The van der Waals surface area contributed by atoms with Gasteiger partial charge in [0.25, 0.3) is 0 Å². The van der Waals surface area contributed by atoms with E-state index >= 15 is 0 Å². The Labute approximate surface area is 168 Å². The van der Waals surface area contributed by atoms with Crippen molar-refractivity contribution in [2.24, 2.45) is 0 Å². The Kier molecular flexibility index (Phi) is 4.87. The van der Waals surface area contributed by atoms with Gasteiger partial charge in [0, 0.05) is 23.2 Å². The van der Waals surface area contributed by atoms with E-state index in [2.05, 4.69) is 5.32 Å². The number of likely N-dealkylation sites (tertiary alicyclic amines) is 1. The van der Waals surface area contributed by atoms with Crippen molar-refractivity contribution >= 4 is 29.0 Å². The summed E-state index contributed by atoms with van der Waals surface area (Å²) in [5, 5.41) is 5.83. The third kappa shape index (κ3) is 3.90. The first kappa shape index (κ1) is 18.9. The maximum absolute atomic E-state index is 12.7. The number of nitrogens with zero attached hydrogens (tertiary/aromatic N) is 2. The van der Waals surface area contributed by atoms with Crippen molar-refractivity contribution in [2.45, 2.75) is 58.1 Å². The summed E-state index contributed by atoms with van der Waals surface area (Å²) in [5.74, 6) is 0.0290. The van der Waals surface area contributed by atoms with Crippen molar-refractivity contribution in [3.8, 4) is 11.3 Å². The van der Waals surface area contributed by atoms with Crippen LogP contribution in [0.4, 0.5) is 10.5 Å². The van der Waals surface area contributed by atoms with Crippen LogP contribution in [0.3, 0.4) is 0 Å². The van der Waals surface area contributed by atoms with Gasteiger partial charge in [0.15, 0.2) is 0 Å². The van der Waals surface area contributed by atoms with Crippen molar-refractivity contribution in [1.82, 2.24) is 9.88 Å². The van der Waals surface area contributed by atoms with Gasteiger partial charge < -0.3 is 10.1 Å². The smallest absolute Gasteiger partial charge is 0.410 e. The molecule has 2 aliphatic rings. The Hall–Kier alpha value is -2.41. The number of thiazole rings is 1. The Morgan fingerprint density at radius 1 is 1.32 bits per heavy atom. The van der Waals surface area contributed by atoms with Gasteiger partial charge in [0.2, 0.25) is 5.91 Å². The number of ether oxygens (including phenoxy) is 1. The van der Waals surface area contributed by atoms with Gasteiger partial charge in [-0.3, -0.25) is 9.69 Å². The largest absolute Gasteiger partial charge is 0.444 e. The van der Waals surface area contributed by atoms with Crippen molar-refractivity contribution < 1.29 is 14.3 Å². The molecule has 3 heterocycles. The number of nitrogens with one attached hydrogen (secondary N) is 1. The number of rotatable bonds is 2. The van der Waals surface area contributed by atoms with Crippen LogP contribution in [0.25, 0.3) is 11.3 Å². The molecule has 1 unspecified atom stereocenters. The van der Waals surface area contributed by atoms with Crippen LogP contribution in [0.5, 0.6) is 0 Å². The van der Waals surface area contributed by atoms with Crippen LogP contribution >= 0.6 is 11.3 Å². The van der Waals surface area contributed by atoms with E-state index in [1.165, 1.54) is 0 Å². The van der Waals surface area contributed by atoms with E-state index in [1.54, 1.807) is 11.3 Å². The molecule has 1 N–H and O–H groups in total. The second-order valence-electron chi connectivity index (χ2n) is 8.35. The lowest BCUT2D eigenvalue weighted by Crippen LogP contribution is -2.41. The highest BCUT2D eigenvalue weighted by Gasteiger charge is 2.33. The molecular formula is C21H25N3O3S. The number of benzene rings is 1. The highest BCUT2D eigenvalue weighted by atomic mass is 32.1. The minimum Gasteiger partial charge on any atom is -0.444 e. The molecule has 0 saturated carbocycles. The van der Waals surface area contributed by atoms with Gasteiger partial charge >= 0.3 is 6.09 Å². The summed E-state index contributed by atoms with van der Waals surface area (Å²) < 4.78 is 5.61. The second-order valence-corrected chi connectivity index (χ2v) is 9.24. The van der Waals surface area contributed by atoms with E-state index in [4.69, 9.17) is 9.72 Å². The Balaban J connectivity index is 1.56. The molecule has 1 atom stereocenters. The first-order valence-corrected chi connectivity index (χ1v) is 10.6. The Bertz CT molecular complexity index is 916. The summed E-state index contributed by atoms with van der Waals surface area (Å²) in [6.45, 7) is 6.36. The summed E-state index contributed by atoms with van der Waals surface area (Å²) in [6, 6.07) is 5.90. The summed E-state index contributed by atoms with van der Waals surface area (Å²) in [5.41, 5.74) is 3.26. The third-order valence-electron chi connectivity index (χ3n) is 4.96. The fraction of sp³-hybridized carbons (Fsp3) is 0.476. The summed E-state index contributed by atoms with van der Waals surface area (Å²) in [4.78, 5) is 30.9. The SMILES string of the molecule is CC(C)(C)OC(=O)N1CCCCC1c1nc(-c2ccc3c(c2)CC(=O)N3)cs1. The predicted molar refractivity (Wildman–Crippen MR) is 109 cm³/mol. The number of carbonyl (C=O) groups is 2. The van der Waals surface area contributed by atoms with E-state index in [-0.39, 0.29) is 18.0 Å². The molecular weight excluding hydrogens is 374 g/mol. The van der Waals surface area contributed by atoms with E-state index in [0.29, 0.717) is 13.0 Å². The highest BCUT2D eigenvalue weighted by molar-refractivity contribution is 7.10. The number of amides is 2. The van der Waals surface area contributed by atoms with Gasteiger partial charge in [0.05, 0.1) is 18.2 Å². The van der Waals surface area contributed by atoms with E-state index in [0.717, 1.165) is 46.8 Å². The van der Waals surface area contributed by atoms with Crippen molar-refractivity contribution in [2.75, 3.05) is 11.9 Å². The number of hydrogen-bond acceptors (Lipinski definition) is 5. The standard InChI is InChI=1S/C21H25N3O3S/c1-21(2,3)27-20(26)24-9-5-4-6-17(24)19-23-16(12-28-19)13-7-8-15-14(10-13)11-18(25)22-15/h7-8,10,12,17H,4-6,9,11H2,1-3H3,(H,22,25). The average Bonchev–Trinajstić information content (AvgIpc) is 3.25. The molecule has 1 saturated heterocycles. The van der Waals surface area contributed by atoms with Crippen LogP contribution in [-0.2, 0) is 16.0 Å². The van der Waals surface area contributed by atoms with Crippen molar-refractivity contribution in [1.29, 1.82) is 0 Å². The number of piperidine rings is 1. The van der Waals surface area contributed by atoms with E-state index < -0.39 is 5.60 Å². The quantitative estimate of drug-likeness (QED) is 0.790. The zero-order valence-corrected chi connectivity index (χ0v) is 17.3. The lowest BCUT2D eigenvalue weighted by molar-refractivity contribution is -0.115. The van der Waals surface area contributed by atoms with Crippen LogP contribution in [0, 0.1) is 0 Å². The molecule has 2 aromatic rings. The molecule has 1 fully saturated rings. The molecule has 0 radical (unpaired) electrons. The van der Waals surface area contributed by atoms with Crippen LogP contribution in [0.1, 0.15) is 56.6 Å². The topological polar surface area (TPSA) is 71.5 Å². The number of hydrogen-bond donors (Lipinski definition) is 1.